The molecule has 0 aliphatic carbocycles. The Kier molecular flexibility index (Phi) is 2.79. The van der Waals surface area contributed by atoms with E-state index in [1.807, 2.05) is 0 Å². The zero-order chi connectivity index (χ0) is 9.14. The van der Waals surface area contributed by atoms with Gasteiger partial charge in [0.1, 0.15) is 12.2 Å². The van der Waals surface area contributed by atoms with E-state index >= 15 is 0 Å². The maximum absolute atomic E-state index is 9.90. The summed E-state index contributed by atoms with van der Waals surface area (Å²) in [5.74, 6) is 0. The molecule has 7 heteroatoms. The highest BCUT2D eigenvalue weighted by Gasteiger charge is 2.38. The van der Waals surface area contributed by atoms with E-state index < -0.39 is 30.0 Å². The molecule has 70 valence electrons. The van der Waals surface area contributed by atoms with E-state index in [2.05, 4.69) is 4.84 Å². The lowest BCUT2D eigenvalue weighted by atomic mass is 10.2. The fourth-order valence-corrected chi connectivity index (χ4v) is 1.05. The molecule has 0 spiro atoms. The molecule has 1 saturated heterocycles. The van der Waals surface area contributed by atoms with Crippen molar-refractivity contribution in [3.8, 4) is 0 Å². The number of nitrogens with zero attached hydrogens (tertiary/aromatic N) is 1. The Labute approximate surface area is 67.6 Å². The smallest absolute Gasteiger partial charge is 0.294 e. The molecule has 0 aromatic heterocycles. The van der Waals surface area contributed by atoms with Crippen molar-refractivity contribution in [3.05, 3.63) is 10.1 Å². The number of rotatable bonds is 3. The van der Waals surface area contributed by atoms with Crippen molar-refractivity contribution in [1.29, 1.82) is 0 Å². The Morgan fingerprint density at radius 1 is 1.75 bits per heavy atom. The van der Waals surface area contributed by atoms with Crippen LogP contribution in [-0.2, 0) is 9.57 Å². The molecule has 1 aliphatic rings. The minimum Gasteiger partial charge on any atom is -0.394 e. The van der Waals surface area contributed by atoms with Crippen LogP contribution in [0.15, 0.2) is 0 Å². The minimum absolute atomic E-state index is 0.0519. The van der Waals surface area contributed by atoms with Crippen LogP contribution < -0.4 is 0 Å². The molecule has 3 unspecified atom stereocenters. The predicted molar refractivity (Wildman–Crippen MR) is 34.7 cm³/mol. The minimum atomic E-state index is -1.08. The lowest BCUT2D eigenvalue weighted by Crippen LogP contribution is -2.36. The Hall–Kier alpha value is -0.920. The maximum Gasteiger partial charge on any atom is 0.294 e. The van der Waals surface area contributed by atoms with Crippen molar-refractivity contribution < 1.29 is 24.9 Å². The van der Waals surface area contributed by atoms with Gasteiger partial charge in [0.15, 0.2) is 6.10 Å². The van der Waals surface area contributed by atoms with Crippen LogP contribution in [0.4, 0.5) is 0 Å². The lowest BCUT2D eigenvalue weighted by Gasteiger charge is -2.15. The van der Waals surface area contributed by atoms with Crippen molar-refractivity contribution in [2.24, 2.45) is 0 Å². The molecule has 1 fully saturated rings. The zero-order valence-corrected chi connectivity index (χ0v) is 6.12. The van der Waals surface area contributed by atoms with E-state index in [0.717, 1.165) is 0 Å². The largest absolute Gasteiger partial charge is 0.394 e. The molecule has 1 aliphatic heterocycles. The first-order valence-corrected chi connectivity index (χ1v) is 3.37. The quantitative estimate of drug-likeness (QED) is 0.396. The molecule has 0 saturated carbocycles. The summed E-state index contributed by atoms with van der Waals surface area (Å²) in [6.45, 7) is -0.459. The summed E-state index contributed by atoms with van der Waals surface area (Å²) in [6.07, 6.45) is -2.94. The number of hydrogen-bond acceptors (Lipinski definition) is 6. The number of aliphatic hydroxyl groups excluding tert-OH is 2. The SMILES string of the molecule is O=[N+]([O-])OC1C(O)COC1CO. The van der Waals surface area contributed by atoms with Crippen molar-refractivity contribution in [2.45, 2.75) is 18.3 Å². The molecule has 0 aromatic carbocycles. The maximum atomic E-state index is 9.90. The molecule has 0 bridgehead atoms. The highest BCUT2D eigenvalue weighted by Crippen LogP contribution is 2.17. The first-order chi connectivity index (χ1) is 5.65. The highest BCUT2D eigenvalue weighted by atomic mass is 17.0. The second kappa shape index (κ2) is 3.65. The van der Waals surface area contributed by atoms with Gasteiger partial charge in [-0.3, -0.25) is 0 Å². The molecule has 0 radical (unpaired) electrons. The molecule has 1 rings (SSSR count). The van der Waals surface area contributed by atoms with Gasteiger partial charge in [-0.2, -0.15) is 0 Å². The Morgan fingerprint density at radius 2 is 2.42 bits per heavy atom. The average molecular weight is 179 g/mol. The zero-order valence-electron chi connectivity index (χ0n) is 6.12. The summed E-state index contributed by atoms with van der Waals surface area (Å²) in [6, 6.07) is 0. The predicted octanol–water partition coefficient (Wildman–Crippen LogP) is -1.68. The first kappa shape index (κ1) is 9.17. The van der Waals surface area contributed by atoms with E-state index in [4.69, 9.17) is 14.9 Å². The molecular formula is C5H9NO6. The summed E-state index contributed by atoms with van der Waals surface area (Å²) >= 11 is 0. The topological polar surface area (TPSA) is 102 Å². The van der Waals surface area contributed by atoms with Crippen LogP contribution in [-0.4, -0.2) is 46.8 Å². The van der Waals surface area contributed by atoms with Gasteiger partial charge in [0.25, 0.3) is 5.09 Å². The fraction of sp³-hybridized carbons (Fsp3) is 1.00. The van der Waals surface area contributed by atoms with E-state index in [1.165, 1.54) is 0 Å². The number of ether oxygens (including phenoxy) is 1. The molecule has 12 heavy (non-hydrogen) atoms. The second-order valence-corrected chi connectivity index (χ2v) is 2.42. The van der Waals surface area contributed by atoms with Crippen molar-refractivity contribution >= 4 is 0 Å². The van der Waals surface area contributed by atoms with Gasteiger partial charge in [-0.15, -0.1) is 10.1 Å². The van der Waals surface area contributed by atoms with Gasteiger partial charge in [0.2, 0.25) is 0 Å². The standard InChI is InChI=1S/C5H9NO6/c7-1-4-5(12-6(9)10)3(8)2-11-4/h3-5,7-8H,1-2H2. The molecule has 2 N–H and O–H groups in total. The van der Waals surface area contributed by atoms with Crippen molar-refractivity contribution in [3.63, 3.8) is 0 Å². The van der Waals surface area contributed by atoms with Gasteiger partial charge in [-0.05, 0) is 0 Å². The van der Waals surface area contributed by atoms with Gasteiger partial charge >= 0.3 is 0 Å². The van der Waals surface area contributed by atoms with Crippen molar-refractivity contribution in [2.75, 3.05) is 13.2 Å². The van der Waals surface area contributed by atoms with Crippen LogP contribution >= 0.6 is 0 Å². The number of aliphatic hydroxyl groups is 2. The van der Waals surface area contributed by atoms with Gasteiger partial charge in [-0.1, -0.05) is 0 Å². The van der Waals surface area contributed by atoms with E-state index in [1.54, 1.807) is 0 Å². The summed E-state index contributed by atoms with van der Waals surface area (Å²) in [4.78, 5) is 14.0. The Balaban J connectivity index is 2.51. The average Bonchev–Trinajstić information content (AvgIpc) is 2.32. The Morgan fingerprint density at radius 3 is 2.92 bits per heavy atom. The van der Waals surface area contributed by atoms with Crippen molar-refractivity contribution in [1.82, 2.24) is 0 Å². The molecule has 7 nitrogen and oxygen atoms in total. The Bertz CT molecular complexity index is 173. The normalized spacial score (nSPS) is 35.0. The van der Waals surface area contributed by atoms with Crippen LogP contribution in [0.2, 0.25) is 0 Å². The fourth-order valence-electron chi connectivity index (χ4n) is 1.05. The first-order valence-electron chi connectivity index (χ1n) is 3.37. The van der Waals surface area contributed by atoms with Gasteiger partial charge < -0.3 is 19.8 Å². The molecule has 1 heterocycles. The summed E-state index contributed by atoms with van der Waals surface area (Å²) in [5, 5.41) is 26.6. The van der Waals surface area contributed by atoms with E-state index in [9.17, 15) is 10.1 Å². The monoisotopic (exact) mass is 179 g/mol. The van der Waals surface area contributed by atoms with Gasteiger partial charge in [0.05, 0.1) is 13.2 Å². The molecule has 0 amide bonds. The third-order valence-corrected chi connectivity index (χ3v) is 1.61. The van der Waals surface area contributed by atoms with Gasteiger partial charge in [0, 0.05) is 0 Å². The summed E-state index contributed by atoms with van der Waals surface area (Å²) in [5.41, 5.74) is 0. The summed E-state index contributed by atoms with van der Waals surface area (Å²) in [7, 11) is 0. The van der Waals surface area contributed by atoms with Crippen LogP contribution in [0.25, 0.3) is 0 Å². The highest BCUT2D eigenvalue weighted by molar-refractivity contribution is 4.83. The van der Waals surface area contributed by atoms with Crippen LogP contribution in [0.5, 0.6) is 0 Å². The molecule has 0 aromatic rings. The van der Waals surface area contributed by atoms with E-state index in [0.29, 0.717) is 0 Å². The lowest BCUT2D eigenvalue weighted by molar-refractivity contribution is -0.771. The van der Waals surface area contributed by atoms with Gasteiger partial charge in [-0.25, -0.2) is 0 Å². The summed E-state index contributed by atoms with van der Waals surface area (Å²) < 4.78 is 4.80. The third-order valence-electron chi connectivity index (χ3n) is 1.61. The molecular weight excluding hydrogens is 170 g/mol. The van der Waals surface area contributed by atoms with Crippen LogP contribution in [0.1, 0.15) is 0 Å². The second-order valence-electron chi connectivity index (χ2n) is 2.42. The van der Waals surface area contributed by atoms with Crippen LogP contribution in [0, 0.1) is 10.1 Å². The number of hydrogen-bond donors (Lipinski definition) is 2. The third kappa shape index (κ3) is 1.81. The molecule has 3 atom stereocenters. The van der Waals surface area contributed by atoms with E-state index in [-0.39, 0.29) is 6.61 Å². The van der Waals surface area contributed by atoms with Crippen LogP contribution in [0.3, 0.4) is 0 Å².